The Morgan fingerprint density at radius 1 is 1.33 bits per heavy atom. The van der Waals surface area contributed by atoms with E-state index in [1.165, 1.54) is 0 Å². The van der Waals surface area contributed by atoms with Crippen molar-refractivity contribution in [2.75, 3.05) is 13.1 Å². The van der Waals surface area contributed by atoms with E-state index in [4.69, 9.17) is 4.42 Å². The van der Waals surface area contributed by atoms with Crippen molar-refractivity contribution in [3.8, 4) is 0 Å². The van der Waals surface area contributed by atoms with Crippen LogP contribution in [0.25, 0.3) is 0 Å². The number of carbonyl (C=O) groups is 1. The highest BCUT2D eigenvalue weighted by atomic mass is 79.9. The minimum Gasteiger partial charge on any atom is -0.466 e. The van der Waals surface area contributed by atoms with Crippen molar-refractivity contribution in [1.29, 1.82) is 0 Å². The number of likely N-dealkylation sites (tertiary alicyclic amines) is 1. The third-order valence-corrected chi connectivity index (χ3v) is 5.22. The number of rotatable bonds is 1. The molecule has 1 amide bonds. The summed E-state index contributed by atoms with van der Waals surface area (Å²) in [6.45, 7) is 9.55. The van der Waals surface area contributed by atoms with Crippen molar-refractivity contribution in [3.63, 3.8) is 0 Å². The summed E-state index contributed by atoms with van der Waals surface area (Å²) in [5, 5.41) is 0. The molecule has 100 valence electrons. The largest absolute Gasteiger partial charge is 0.466 e. The second-order valence-electron chi connectivity index (χ2n) is 5.25. The van der Waals surface area contributed by atoms with Crippen molar-refractivity contribution >= 4 is 21.8 Å². The van der Waals surface area contributed by atoms with E-state index in [1.807, 2.05) is 25.7 Å². The topological polar surface area (TPSA) is 33.5 Å². The Morgan fingerprint density at radius 2 is 2.00 bits per heavy atom. The third-order valence-electron chi connectivity index (χ3n) is 3.86. The number of amides is 1. The summed E-state index contributed by atoms with van der Waals surface area (Å²) >= 11 is 3.66. The lowest BCUT2D eigenvalue weighted by molar-refractivity contribution is 0.0688. The highest BCUT2D eigenvalue weighted by Gasteiger charge is 2.30. The first-order chi connectivity index (χ1) is 8.41. The van der Waals surface area contributed by atoms with Crippen LogP contribution in [-0.2, 0) is 0 Å². The number of alkyl halides is 1. The summed E-state index contributed by atoms with van der Waals surface area (Å²) in [5.74, 6) is 2.20. The molecular weight excluding hydrogens is 294 g/mol. The van der Waals surface area contributed by atoms with Gasteiger partial charge in [-0.3, -0.25) is 4.79 Å². The molecule has 2 rings (SSSR count). The number of hydrogen-bond donors (Lipinski definition) is 0. The van der Waals surface area contributed by atoms with E-state index >= 15 is 0 Å². The lowest BCUT2D eigenvalue weighted by Crippen LogP contribution is -2.43. The summed E-state index contributed by atoms with van der Waals surface area (Å²) in [5.41, 5.74) is 1.74. The van der Waals surface area contributed by atoms with Gasteiger partial charge in [0.05, 0.1) is 5.56 Å². The van der Waals surface area contributed by atoms with Crippen molar-refractivity contribution in [2.45, 2.75) is 38.9 Å². The van der Waals surface area contributed by atoms with Gasteiger partial charge in [0.15, 0.2) is 0 Å². The molecule has 2 heterocycles. The van der Waals surface area contributed by atoms with E-state index in [2.05, 4.69) is 22.9 Å². The van der Waals surface area contributed by atoms with Gasteiger partial charge >= 0.3 is 0 Å². The molecule has 0 aliphatic carbocycles. The lowest BCUT2D eigenvalue weighted by Gasteiger charge is -2.34. The van der Waals surface area contributed by atoms with Crippen LogP contribution in [0, 0.1) is 26.7 Å². The molecule has 1 aromatic heterocycles. The average molecular weight is 314 g/mol. The lowest BCUT2D eigenvalue weighted by atomic mass is 9.98. The van der Waals surface area contributed by atoms with E-state index in [9.17, 15) is 4.79 Å². The Bertz CT molecular complexity index is 467. The number of nitrogens with zero attached hydrogens (tertiary/aromatic N) is 1. The fourth-order valence-electron chi connectivity index (χ4n) is 2.57. The summed E-state index contributed by atoms with van der Waals surface area (Å²) in [6, 6.07) is 0. The van der Waals surface area contributed by atoms with Crippen LogP contribution >= 0.6 is 15.9 Å². The first-order valence-electron chi connectivity index (χ1n) is 6.41. The van der Waals surface area contributed by atoms with Gasteiger partial charge in [0, 0.05) is 23.5 Å². The van der Waals surface area contributed by atoms with Gasteiger partial charge in [-0.05, 0) is 33.1 Å². The Kier molecular flexibility index (Phi) is 3.85. The molecule has 0 spiro atoms. The van der Waals surface area contributed by atoms with Crippen LogP contribution in [0.5, 0.6) is 0 Å². The zero-order valence-corrected chi connectivity index (χ0v) is 13.0. The van der Waals surface area contributed by atoms with Crippen LogP contribution < -0.4 is 0 Å². The average Bonchev–Trinajstić information content (AvgIpc) is 2.56. The normalized spacial score (nSPS) is 24.4. The van der Waals surface area contributed by atoms with Crippen LogP contribution in [-0.4, -0.2) is 28.7 Å². The molecule has 0 N–H and O–H groups in total. The second-order valence-corrected chi connectivity index (χ2v) is 6.42. The van der Waals surface area contributed by atoms with Crippen LogP contribution in [0.3, 0.4) is 0 Å². The van der Waals surface area contributed by atoms with Gasteiger partial charge in [0.25, 0.3) is 5.91 Å². The van der Waals surface area contributed by atoms with Crippen molar-refractivity contribution in [3.05, 3.63) is 22.6 Å². The van der Waals surface area contributed by atoms with Crippen LogP contribution in [0.1, 0.15) is 40.8 Å². The molecule has 0 saturated carbocycles. The molecule has 3 nitrogen and oxygen atoms in total. The van der Waals surface area contributed by atoms with E-state index in [0.717, 1.165) is 42.2 Å². The number of piperidine rings is 1. The first-order valence-corrected chi connectivity index (χ1v) is 7.33. The predicted molar refractivity (Wildman–Crippen MR) is 75.3 cm³/mol. The number of hydrogen-bond acceptors (Lipinski definition) is 2. The van der Waals surface area contributed by atoms with Crippen molar-refractivity contribution in [2.24, 2.45) is 5.92 Å². The fourth-order valence-corrected chi connectivity index (χ4v) is 2.94. The Balaban J connectivity index is 2.21. The van der Waals surface area contributed by atoms with Crippen LogP contribution in [0.2, 0.25) is 0 Å². The molecule has 1 fully saturated rings. The summed E-state index contributed by atoms with van der Waals surface area (Å²) in [6.07, 6.45) is 1.02. The summed E-state index contributed by atoms with van der Waals surface area (Å²) in [7, 11) is 0. The number of halogens is 1. The molecule has 1 saturated heterocycles. The van der Waals surface area contributed by atoms with E-state index in [1.54, 1.807) is 0 Å². The number of carbonyl (C=O) groups excluding carboxylic acids is 1. The standard InChI is InChI=1S/C14H20BrNO2/c1-8-7-16(6-5-12(8)15)14(17)13-9(2)10(3)18-11(13)4/h8,12H,5-7H2,1-4H3. The summed E-state index contributed by atoms with van der Waals surface area (Å²) < 4.78 is 5.55. The molecule has 1 aliphatic rings. The Morgan fingerprint density at radius 3 is 2.50 bits per heavy atom. The number of furan rings is 1. The quantitative estimate of drug-likeness (QED) is 0.744. The van der Waals surface area contributed by atoms with Gasteiger partial charge in [-0.15, -0.1) is 0 Å². The second kappa shape index (κ2) is 5.08. The highest BCUT2D eigenvalue weighted by molar-refractivity contribution is 9.09. The molecule has 4 heteroatoms. The Labute approximate surface area is 117 Å². The monoisotopic (exact) mass is 313 g/mol. The smallest absolute Gasteiger partial charge is 0.257 e. The SMILES string of the molecule is Cc1oc(C)c(C(=O)N2CCC(Br)C(C)C2)c1C. The van der Waals surface area contributed by atoms with E-state index in [-0.39, 0.29) is 5.91 Å². The summed E-state index contributed by atoms with van der Waals surface area (Å²) in [4.78, 5) is 15.0. The van der Waals surface area contributed by atoms with E-state index < -0.39 is 0 Å². The van der Waals surface area contributed by atoms with E-state index in [0.29, 0.717) is 10.7 Å². The minimum absolute atomic E-state index is 0.119. The zero-order chi connectivity index (χ0) is 13.4. The van der Waals surface area contributed by atoms with Crippen LogP contribution in [0.4, 0.5) is 0 Å². The maximum absolute atomic E-state index is 12.6. The minimum atomic E-state index is 0.119. The fraction of sp³-hybridized carbons (Fsp3) is 0.643. The maximum atomic E-state index is 12.6. The molecule has 2 unspecified atom stereocenters. The molecular formula is C14H20BrNO2. The zero-order valence-electron chi connectivity index (χ0n) is 11.4. The maximum Gasteiger partial charge on any atom is 0.257 e. The van der Waals surface area contributed by atoms with Crippen LogP contribution in [0.15, 0.2) is 4.42 Å². The molecule has 1 aliphatic heterocycles. The molecule has 18 heavy (non-hydrogen) atoms. The van der Waals surface area contributed by atoms with Gasteiger partial charge in [-0.25, -0.2) is 0 Å². The predicted octanol–water partition coefficient (Wildman–Crippen LogP) is 3.45. The Hall–Kier alpha value is -0.770. The molecule has 0 radical (unpaired) electrons. The third kappa shape index (κ3) is 2.35. The molecule has 0 aromatic carbocycles. The van der Waals surface area contributed by atoms with Gasteiger partial charge in [0.2, 0.25) is 0 Å². The first kappa shape index (κ1) is 13.7. The van der Waals surface area contributed by atoms with Gasteiger partial charge < -0.3 is 9.32 Å². The van der Waals surface area contributed by atoms with Gasteiger partial charge in [0.1, 0.15) is 11.5 Å². The molecule has 0 bridgehead atoms. The highest BCUT2D eigenvalue weighted by Crippen LogP contribution is 2.27. The molecule has 2 atom stereocenters. The van der Waals surface area contributed by atoms with Crippen molar-refractivity contribution < 1.29 is 9.21 Å². The van der Waals surface area contributed by atoms with Gasteiger partial charge in [-0.2, -0.15) is 0 Å². The molecule has 1 aromatic rings. The van der Waals surface area contributed by atoms with Crippen molar-refractivity contribution in [1.82, 2.24) is 4.90 Å². The van der Waals surface area contributed by atoms with Gasteiger partial charge in [-0.1, -0.05) is 22.9 Å². The number of aryl methyl sites for hydroxylation is 2.